The maximum atomic E-state index is 12.7. The summed E-state index contributed by atoms with van der Waals surface area (Å²) in [5.74, 6) is 0.471. The number of esters is 1. The molecule has 3 rings (SSSR count). The zero-order valence-electron chi connectivity index (χ0n) is 15.2. The Hall–Kier alpha value is -2.53. The molecule has 2 aromatic carbocycles. The molecule has 0 N–H and O–H groups in total. The summed E-state index contributed by atoms with van der Waals surface area (Å²) in [5.41, 5.74) is 0.569. The number of halogens is 1. The zero-order chi connectivity index (χ0) is 19.2. The number of carbonyl (C=O) groups is 2. The molecule has 0 unspecified atom stereocenters. The molecule has 1 aliphatic heterocycles. The first kappa shape index (κ1) is 19.2. The minimum Gasteiger partial charge on any atom is -0.494 e. The van der Waals surface area contributed by atoms with Crippen LogP contribution in [0.4, 0.5) is 0 Å². The number of hydrogen-bond acceptors (Lipinski definition) is 4. The zero-order valence-corrected chi connectivity index (χ0v) is 15.9. The Labute approximate surface area is 163 Å². The number of benzene rings is 2. The van der Waals surface area contributed by atoms with Gasteiger partial charge in [-0.2, -0.15) is 0 Å². The Balaban J connectivity index is 1.60. The summed E-state index contributed by atoms with van der Waals surface area (Å²) in [7, 11) is 0. The van der Waals surface area contributed by atoms with Gasteiger partial charge >= 0.3 is 5.97 Å². The van der Waals surface area contributed by atoms with Gasteiger partial charge in [-0.05, 0) is 68.3 Å². The van der Waals surface area contributed by atoms with E-state index >= 15 is 0 Å². The second kappa shape index (κ2) is 8.91. The second-order valence-corrected chi connectivity index (χ2v) is 6.86. The van der Waals surface area contributed by atoms with Crippen molar-refractivity contribution in [3.8, 4) is 11.5 Å². The Morgan fingerprint density at radius 3 is 2.41 bits per heavy atom. The van der Waals surface area contributed by atoms with Crippen molar-refractivity contribution < 1.29 is 19.1 Å². The van der Waals surface area contributed by atoms with Gasteiger partial charge < -0.3 is 14.4 Å². The van der Waals surface area contributed by atoms with Gasteiger partial charge in [-0.3, -0.25) is 9.59 Å². The number of ether oxygens (including phenoxy) is 2. The summed E-state index contributed by atoms with van der Waals surface area (Å²) in [6.07, 6.45) is 1.47. The van der Waals surface area contributed by atoms with Crippen molar-refractivity contribution in [3.63, 3.8) is 0 Å². The van der Waals surface area contributed by atoms with Gasteiger partial charge in [0.25, 0.3) is 5.91 Å². The number of amides is 1. The number of likely N-dealkylation sites (tertiary alicyclic amines) is 1. The van der Waals surface area contributed by atoms with Crippen LogP contribution in [-0.4, -0.2) is 36.5 Å². The van der Waals surface area contributed by atoms with Crippen molar-refractivity contribution in [1.29, 1.82) is 0 Å². The van der Waals surface area contributed by atoms with E-state index in [1.807, 2.05) is 6.92 Å². The average molecular weight is 388 g/mol. The van der Waals surface area contributed by atoms with Crippen LogP contribution in [-0.2, 0) is 4.79 Å². The molecule has 5 nitrogen and oxygen atoms in total. The molecule has 6 heteroatoms. The van der Waals surface area contributed by atoms with E-state index in [-0.39, 0.29) is 17.8 Å². The molecule has 0 spiro atoms. The van der Waals surface area contributed by atoms with Crippen LogP contribution < -0.4 is 9.47 Å². The summed E-state index contributed by atoms with van der Waals surface area (Å²) in [6.45, 7) is 3.48. The van der Waals surface area contributed by atoms with Gasteiger partial charge in [-0.25, -0.2) is 0 Å². The van der Waals surface area contributed by atoms with Crippen LogP contribution in [0, 0.1) is 5.92 Å². The minimum atomic E-state index is -0.332. The number of rotatable bonds is 5. The van der Waals surface area contributed by atoms with Crippen LogP contribution in [0.15, 0.2) is 48.5 Å². The normalized spacial score (nSPS) is 16.7. The van der Waals surface area contributed by atoms with Gasteiger partial charge in [-0.1, -0.05) is 11.6 Å². The SMILES string of the molecule is CCOc1ccc(OC(=O)[C@H]2CCCN(C(=O)c3ccc(Cl)cc3)C2)cc1. The Morgan fingerprint density at radius 2 is 1.74 bits per heavy atom. The van der Waals surface area contributed by atoms with Crippen LogP contribution in [0.1, 0.15) is 30.1 Å². The van der Waals surface area contributed by atoms with Crippen molar-refractivity contribution in [1.82, 2.24) is 4.90 Å². The van der Waals surface area contributed by atoms with E-state index in [4.69, 9.17) is 21.1 Å². The molecule has 0 saturated carbocycles. The van der Waals surface area contributed by atoms with Gasteiger partial charge in [0.2, 0.25) is 0 Å². The highest BCUT2D eigenvalue weighted by atomic mass is 35.5. The molecule has 1 saturated heterocycles. The van der Waals surface area contributed by atoms with Gasteiger partial charge in [0.15, 0.2) is 0 Å². The van der Waals surface area contributed by atoms with Crippen LogP contribution in [0.25, 0.3) is 0 Å². The number of nitrogens with zero attached hydrogens (tertiary/aromatic N) is 1. The van der Waals surface area contributed by atoms with E-state index in [9.17, 15) is 9.59 Å². The predicted molar refractivity (Wildman–Crippen MR) is 103 cm³/mol. The summed E-state index contributed by atoms with van der Waals surface area (Å²) < 4.78 is 10.9. The van der Waals surface area contributed by atoms with Crippen molar-refractivity contribution in [2.75, 3.05) is 19.7 Å². The Kier molecular flexibility index (Phi) is 6.35. The highest BCUT2D eigenvalue weighted by Crippen LogP contribution is 2.23. The summed E-state index contributed by atoms with van der Waals surface area (Å²) in [6, 6.07) is 13.7. The monoisotopic (exact) mass is 387 g/mol. The van der Waals surface area contributed by atoms with E-state index in [1.165, 1.54) is 0 Å². The summed E-state index contributed by atoms with van der Waals surface area (Å²) >= 11 is 5.88. The first-order valence-corrected chi connectivity index (χ1v) is 9.44. The molecule has 1 fully saturated rings. The van der Waals surface area contributed by atoms with Crippen LogP contribution in [0.2, 0.25) is 5.02 Å². The molecule has 2 aromatic rings. The average Bonchev–Trinajstić information content (AvgIpc) is 2.70. The first-order chi connectivity index (χ1) is 13.1. The predicted octanol–water partition coefficient (Wildman–Crippen LogP) is 4.20. The fourth-order valence-corrected chi connectivity index (χ4v) is 3.23. The maximum absolute atomic E-state index is 12.7. The summed E-state index contributed by atoms with van der Waals surface area (Å²) in [4.78, 5) is 26.9. The van der Waals surface area contributed by atoms with Crippen molar-refractivity contribution >= 4 is 23.5 Å². The molecule has 1 aliphatic rings. The number of hydrogen-bond donors (Lipinski definition) is 0. The molecule has 0 aromatic heterocycles. The molecule has 27 heavy (non-hydrogen) atoms. The van der Waals surface area contributed by atoms with Crippen LogP contribution in [0.5, 0.6) is 11.5 Å². The fraction of sp³-hybridized carbons (Fsp3) is 0.333. The largest absolute Gasteiger partial charge is 0.494 e. The molecular formula is C21H22ClNO4. The lowest BCUT2D eigenvalue weighted by Gasteiger charge is -2.31. The third-order valence-electron chi connectivity index (χ3n) is 4.49. The van der Waals surface area contributed by atoms with Crippen LogP contribution in [0.3, 0.4) is 0 Å². The van der Waals surface area contributed by atoms with Crippen molar-refractivity contribution in [2.45, 2.75) is 19.8 Å². The molecule has 0 aliphatic carbocycles. The van der Waals surface area contributed by atoms with E-state index in [1.54, 1.807) is 53.4 Å². The maximum Gasteiger partial charge on any atom is 0.316 e. The van der Waals surface area contributed by atoms with Gasteiger partial charge in [-0.15, -0.1) is 0 Å². The Morgan fingerprint density at radius 1 is 1.07 bits per heavy atom. The minimum absolute atomic E-state index is 0.0924. The van der Waals surface area contributed by atoms with Crippen molar-refractivity contribution in [2.24, 2.45) is 5.92 Å². The molecule has 1 atom stereocenters. The second-order valence-electron chi connectivity index (χ2n) is 6.42. The third-order valence-corrected chi connectivity index (χ3v) is 4.74. The van der Waals surface area contributed by atoms with Crippen molar-refractivity contribution in [3.05, 3.63) is 59.1 Å². The highest BCUT2D eigenvalue weighted by molar-refractivity contribution is 6.30. The lowest BCUT2D eigenvalue weighted by molar-refractivity contribution is -0.140. The topological polar surface area (TPSA) is 55.8 Å². The van der Waals surface area contributed by atoms with E-state index in [2.05, 4.69) is 0 Å². The summed E-state index contributed by atoms with van der Waals surface area (Å²) in [5, 5.41) is 0.585. The fourth-order valence-electron chi connectivity index (χ4n) is 3.10. The van der Waals surface area contributed by atoms with Gasteiger partial charge in [0, 0.05) is 23.7 Å². The first-order valence-electron chi connectivity index (χ1n) is 9.06. The molecule has 0 radical (unpaired) electrons. The van der Waals surface area contributed by atoms with E-state index < -0.39 is 0 Å². The number of piperidine rings is 1. The van der Waals surface area contributed by atoms with Crippen LogP contribution >= 0.6 is 11.6 Å². The standard InChI is InChI=1S/C21H22ClNO4/c1-2-26-18-9-11-19(12-10-18)27-21(25)16-4-3-13-23(14-16)20(24)15-5-7-17(22)8-6-15/h5-12,16H,2-4,13-14H2,1H3/t16-/m0/s1. The number of carbonyl (C=O) groups excluding carboxylic acids is 2. The molecule has 1 heterocycles. The van der Waals surface area contributed by atoms with E-state index in [0.29, 0.717) is 42.5 Å². The smallest absolute Gasteiger partial charge is 0.316 e. The Bertz CT molecular complexity index is 789. The molecule has 142 valence electrons. The van der Waals surface area contributed by atoms with E-state index in [0.717, 1.165) is 12.2 Å². The lowest BCUT2D eigenvalue weighted by Crippen LogP contribution is -2.43. The molecular weight excluding hydrogens is 366 g/mol. The molecule has 1 amide bonds. The van der Waals surface area contributed by atoms with Gasteiger partial charge in [0.05, 0.1) is 12.5 Å². The molecule has 0 bridgehead atoms. The lowest BCUT2D eigenvalue weighted by atomic mass is 9.97. The highest BCUT2D eigenvalue weighted by Gasteiger charge is 2.30. The quantitative estimate of drug-likeness (QED) is 0.570. The van der Waals surface area contributed by atoms with Gasteiger partial charge in [0.1, 0.15) is 11.5 Å². The third kappa shape index (κ3) is 5.01.